The average molecular weight is 270 g/mol. The Hall–Kier alpha value is -2.89. The largest absolute Gasteiger partial charge is 0.360 e. The highest BCUT2D eigenvalue weighted by Gasteiger charge is 2.12. The number of urea groups is 1. The first kappa shape index (κ1) is 12.2. The number of hydrogen-bond donors (Lipinski definition) is 3. The van der Waals surface area contributed by atoms with Crippen LogP contribution in [0.25, 0.3) is 10.9 Å². The number of hydrogen-bond acceptors (Lipinski definition) is 2. The number of aromatic nitrogens is 2. The van der Waals surface area contributed by atoms with Gasteiger partial charge in [-0.15, -0.1) is 0 Å². The molecule has 20 heavy (non-hydrogen) atoms. The number of benzene rings is 1. The smallest absolute Gasteiger partial charge is 0.323 e. The summed E-state index contributed by atoms with van der Waals surface area (Å²) in [5.74, 6) is -0.722. The van der Waals surface area contributed by atoms with Crippen molar-refractivity contribution in [1.29, 1.82) is 0 Å². The summed E-state index contributed by atoms with van der Waals surface area (Å²) in [4.78, 5) is 18.4. The fourth-order valence-electron chi connectivity index (χ4n) is 1.92. The minimum Gasteiger partial charge on any atom is -0.360 e. The molecular weight excluding hydrogens is 259 g/mol. The SMILES string of the molecule is O=C(Nc1ccccc1)Nc1c(F)ncc2[nH]ccc12. The second-order valence-electron chi connectivity index (χ2n) is 4.17. The maximum Gasteiger partial charge on any atom is 0.323 e. The van der Waals surface area contributed by atoms with Gasteiger partial charge in [0.05, 0.1) is 11.7 Å². The molecule has 6 heteroatoms. The maximum absolute atomic E-state index is 13.7. The van der Waals surface area contributed by atoms with Crippen molar-refractivity contribution < 1.29 is 9.18 Å². The molecule has 0 fully saturated rings. The Bertz CT molecular complexity index is 754. The van der Waals surface area contributed by atoms with E-state index in [1.165, 1.54) is 6.20 Å². The van der Waals surface area contributed by atoms with Crippen LogP contribution in [0.15, 0.2) is 48.8 Å². The predicted octanol–water partition coefficient (Wildman–Crippen LogP) is 3.35. The third kappa shape index (κ3) is 2.31. The normalized spacial score (nSPS) is 10.4. The molecule has 100 valence electrons. The van der Waals surface area contributed by atoms with E-state index in [1.54, 1.807) is 36.5 Å². The zero-order valence-corrected chi connectivity index (χ0v) is 10.4. The monoisotopic (exact) mass is 270 g/mol. The minimum atomic E-state index is -0.722. The molecule has 0 atom stereocenters. The molecule has 2 aromatic heterocycles. The predicted molar refractivity (Wildman–Crippen MR) is 75.1 cm³/mol. The first-order chi connectivity index (χ1) is 9.74. The van der Waals surface area contributed by atoms with Crippen LogP contribution in [0.3, 0.4) is 0 Å². The lowest BCUT2D eigenvalue weighted by Gasteiger charge is -2.08. The number of anilines is 2. The third-order valence-electron chi connectivity index (χ3n) is 2.83. The van der Waals surface area contributed by atoms with E-state index >= 15 is 0 Å². The zero-order valence-electron chi connectivity index (χ0n) is 10.4. The summed E-state index contributed by atoms with van der Waals surface area (Å²) in [5, 5.41) is 5.67. The van der Waals surface area contributed by atoms with Gasteiger partial charge in [-0.1, -0.05) is 18.2 Å². The van der Waals surface area contributed by atoms with Gasteiger partial charge in [0, 0.05) is 17.3 Å². The summed E-state index contributed by atoms with van der Waals surface area (Å²) in [5.41, 5.74) is 1.33. The lowest BCUT2D eigenvalue weighted by Crippen LogP contribution is -2.20. The molecule has 0 saturated heterocycles. The van der Waals surface area contributed by atoms with Crippen LogP contribution in [0, 0.1) is 5.95 Å². The van der Waals surface area contributed by atoms with Crippen molar-refractivity contribution in [2.45, 2.75) is 0 Å². The Morgan fingerprint density at radius 2 is 1.95 bits per heavy atom. The minimum absolute atomic E-state index is 0.0529. The molecule has 0 aliphatic rings. The van der Waals surface area contributed by atoms with Crippen LogP contribution in [-0.4, -0.2) is 16.0 Å². The number of halogens is 1. The molecule has 0 unspecified atom stereocenters. The van der Waals surface area contributed by atoms with E-state index in [-0.39, 0.29) is 5.69 Å². The summed E-state index contributed by atoms with van der Waals surface area (Å²) in [6.45, 7) is 0. The number of amides is 2. The fourth-order valence-corrected chi connectivity index (χ4v) is 1.92. The maximum atomic E-state index is 13.7. The van der Waals surface area contributed by atoms with Crippen LogP contribution in [0.5, 0.6) is 0 Å². The van der Waals surface area contributed by atoms with Crippen molar-refractivity contribution in [2.75, 3.05) is 10.6 Å². The number of fused-ring (bicyclic) bond motifs is 1. The fraction of sp³-hybridized carbons (Fsp3) is 0. The molecule has 3 N–H and O–H groups in total. The summed E-state index contributed by atoms with van der Waals surface area (Å²) in [7, 11) is 0. The van der Waals surface area contributed by atoms with Gasteiger partial charge in [-0.2, -0.15) is 4.39 Å². The summed E-state index contributed by atoms with van der Waals surface area (Å²) >= 11 is 0. The Morgan fingerprint density at radius 3 is 2.75 bits per heavy atom. The van der Waals surface area contributed by atoms with Gasteiger partial charge >= 0.3 is 6.03 Å². The molecule has 0 saturated carbocycles. The molecule has 0 aliphatic heterocycles. The van der Waals surface area contributed by atoms with Gasteiger partial charge in [0.1, 0.15) is 5.69 Å². The van der Waals surface area contributed by atoms with Crippen molar-refractivity contribution in [3.63, 3.8) is 0 Å². The molecule has 2 heterocycles. The average Bonchev–Trinajstić information content (AvgIpc) is 2.92. The molecule has 1 aromatic carbocycles. The number of para-hydroxylation sites is 1. The lowest BCUT2D eigenvalue weighted by atomic mass is 10.2. The number of aromatic amines is 1. The zero-order chi connectivity index (χ0) is 13.9. The van der Waals surface area contributed by atoms with E-state index in [2.05, 4.69) is 20.6 Å². The summed E-state index contributed by atoms with van der Waals surface area (Å²) in [6, 6.07) is 10.1. The number of pyridine rings is 1. The number of nitrogens with zero attached hydrogens (tertiary/aromatic N) is 1. The van der Waals surface area contributed by atoms with E-state index in [1.807, 2.05) is 6.07 Å². The Kier molecular flexibility index (Phi) is 3.04. The highest BCUT2D eigenvalue weighted by Crippen LogP contribution is 2.24. The highest BCUT2D eigenvalue weighted by atomic mass is 19.1. The van der Waals surface area contributed by atoms with Crippen molar-refractivity contribution in [3.05, 3.63) is 54.7 Å². The van der Waals surface area contributed by atoms with Gasteiger partial charge in [0.15, 0.2) is 0 Å². The van der Waals surface area contributed by atoms with Gasteiger partial charge in [-0.25, -0.2) is 9.78 Å². The Balaban J connectivity index is 1.84. The van der Waals surface area contributed by atoms with E-state index in [4.69, 9.17) is 0 Å². The topological polar surface area (TPSA) is 69.8 Å². The Labute approximate surface area is 113 Å². The first-order valence-corrected chi connectivity index (χ1v) is 5.98. The second-order valence-corrected chi connectivity index (χ2v) is 4.17. The molecule has 2 amide bonds. The van der Waals surface area contributed by atoms with Crippen molar-refractivity contribution in [2.24, 2.45) is 0 Å². The number of H-pyrrole nitrogens is 1. The number of nitrogens with one attached hydrogen (secondary N) is 3. The standard InChI is InChI=1S/C14H11FN4O/c15-13-12(10-6-7-16-11(10)8-17-13)19-14(20)18-9-4-2-1-3-5-9/h1-8,16H,(H2,18,19,20). The van der Waals surface area contributed by atoms with Crippen LogP contribution < -0.4 is 10.6 Å². The summed E-state index contributed by atoms with van der Waals surface area (Å²) < 4.78 is 13.7. The lowest BCUT2D eigenvalue weighted by molar-refractivity contribution is 0.262. The molecule has 0 radical (unpaired) electrons. The van der Waals surface area contributed by atoms with Gasteiger partial charge < -0.3 is 15.6 Å². The molecule has 0 aliphatic carbocycles. The second kappa shape index (κ2) is 5.00. The molecule has 5 nitrogen and oxygen atoms in total. The van der Waals surface area contributed by atoms with Crippen molar-refractivity contribution in [1.82, 2.24) is 9.97 Å². The van der Waals surface area contributed by atoms with Gasteiger partial charge in [-0.3, -0.25) is 0 Å². The van der Waals surface area contributed by atoms with Gasteiger partial charge in [0.25, 0.3) is 0 Å². The van der Waals surface area contributed by atoms with E-state index in [9.17, 15) is 9.18 Å². The van der Waals surface area contributed by atoms with Crippen molar-refractivity contribution >= 4 is 28.3 Å². The molecule has 3 rings (SSSR count). The van der Waals surface area contributed by atoms with Crippen LogP contribution >= 0.6 is 0 Å². The van der Waals surface area contributed by atoms with Crippen molar-refractivity contribution in [3.8, 4) is 0 Å². The van der Waals surface area contributed by atoms with Gasteiger partial charge in [-0.05, 0) is 18.2 Å². The van der Waals surface area contributed by atoms with E-state index in [0.717, 1.165) is 0 Å². The molecule has 0 bridgehead atoms. The Morgan fingerprint density at radius 1 is 1.15 bits per heavy atom. The van der Waals surface area contributed by atoms with E-state index in [0.29, 0.717) is 16.6 Å². The highest BCUT2D eigenvalue weighted by molar-refractivity contribution is 6.05. The molecular formula is C14H11FN4O. The first-order valence-electron chi connectivity index (χ1n) is 5.98. The molecule has 3 aromatic rings. The number of rotatable bonds is 2. The quantitative estimate of drug-likeness (QED) is 0.625. The number of carbonyl (C=O) groups excluding carboxylic acids is 1. The van der Waals surface area contributed by atoms with Crippen LogP contribution in [0.4, 0.5) is 20.6 Å². The van der Waals surface area contributed by atoms with Crippen LogP contribution in [0.1, 0.15) is 0 Å². The van der Waals surface area contributed by atoms with Crippen LogP contribution in [0.2, 0.25) is 0 Å². The van der Waals surface area contributed by atoms with Crippen LogP contribution in [-0.2, 0) is 0 Å². The molecule has 0 spiro atoms. The third-order valence-corrected chi connectivity index (χ3v) is 2.83. The summed E-state index contributed by atoms with van der Waals surface area (Å²) in [6.07, 6.45) is 3.04. The van der Waals surface area contributed by atoms with E-state index < -0.39 is 12.0 Å². The van der Waals surface area contributed by atoms with Gasteiger partial charge in [0.2, 0.25) is 5.95 Å². The number of carbonyl (C=O) groups is 1.